The molecule has 3 heterocycles. The maximum atomic E-state index is 12.9. The predicted octanol–water partition coefficient (Wildman–Crippen LogP) is 9.95. The molecule has 0 amide bonds. The van der Waals surface area contributed by atoms with Crippen LogP contribution >= 0.6 is 23.1 Å². The second kappa shape index (κ2) is 15.6. The fourth-order valence-electron chi connectivity index (χ4n) is 8.04. The number of aryl methyl sites for hydroxylation is 1. The Bertz CT molecular complexity index is 2100. The van der Waals surface area contributed by atoms with Crippen LogP contribution < -0.4 is 4.90 Å². The van der Waals surface area contributed by atoms with Crippen molar-refractivity contribution in [2.24, 2.45) is 0 Å². The van der Waals surface area contributed by atoms with Crippen molar-refractivity contribution in [1.29, 1.82) is 5.41 Å². The first-order valence-electron chi connectivity index (χ1n) is 18.5. The van der Waals surface area contributed by atoms with E-state index >= 15 is 0 Å². The summed E-state index contributed by atoms with van der Waals surface area (Å²) < 4.78 is 13.0. The molecule has 0 radical (unpaired) electrons. The average molecular weight is 751 g/mol. The lowest BCUT2D eigenvalue weighted by molar-refractivity contribution is -0.437. The molecule has 2 aliphatic heterocycles. The van der Waals surface area contributed by atoms with Crippen molar-refractivity contribution in [2.45, 2.75) is 90.7 Å². The summed E-state index contributed by atoms with van der Waals surface area (Å²) >= 11 is 3.49. The van der Waals surface area contributed by atoms with Gasteiger partial charge in [-0.3, -0.25) is 5.41 Å². The molecule has 0 saturated heterocycles. The van der Waals surface area contributed by atoms with E-state index in [1.807, 2.05) is 43.0 Å². The minimum atomic E-state index is -0.309. The van der Waals surface area contributed by atoms with Crippen molar-refractivity contribution in [2.75, 3.05) is 32.2 Å². The van der Waals surface area contributed by atoms with E-state index in [0.29, 0.717) is 5.56 Å². The Labute approximate surface area is 322 Å². The van der Waals surface area contributed by atoms with Gasteiger partial charge in [0.15, 0.2) is 5.71 Å². The van der Waals surface area contributed by atoms with E-state index in [1.54, 1.807) is 18.4 Å². The molecule has 8 nitrogen and oxygen atoms in total. The molecule has 1 aliphatic carbocycles. The van der Waals surface area contributed by atoms with Gasteiger partial charge < -0.3 is 14.4 Å². The van der Waals surface area contributed by atoms with Crippen LogP contribution in [-0.4, -0.2) is 59.7 Å². The van der Waals surface area contributed by atoms with Gasteiger partial charge in [0.1, 0.15) is 22.1 Å². The molecule has 53 heavy (non-hydrogen) atoms. The van der Waals surface area contributed by atoms with Gasteiger partial charge in [0.2, 0.25) is 11.6 Å². The summed E-state index contributed by atoms with van der Waals surface area (Å²) in [6.07, 6.45) is 13.0. The standard InChI is InChI=1S/C43H52N5O3S2/c1-10-24-47-34(42(4,5)32-16-12-14-30(37(32)47)40(44)50-8)22-20-28-18-19-29(39(28)52-26-36-46-45-27(3)53-36)21-23-35-43(6,7)33-17-13-15-31(41(49)51-9)38(33)48(35)25-11-2/h12-17,20-23,44H,10-11,18-19,24-26H2,1-9H3/q+1. The number of carbonyl (C=O) groups is 1. The molecule has 0 unspecified atom stereocenters. The van der Waals surface area contributed by atoms with Gasteiger partial charge in [-0.25, -0.2) is 4.79 Å². The fourth-order valence-corrected chi connectivity index (χ4v) is 9.99. The molecule has 278 valence electrons. The van der Waals surface area contributed by atoms with Crippen LogP contribution in [0.3, 0.4) is 0 Å². The number of hydrogen-bond donors (Lipinski definition) is 1. The molecule has 3 aromatic rings. The highest BCUT2D eigenvalue weighted by Gasteiger charge is 2.46. The molecule has 0 bridgehead atoms. The van der Waals surface area contributed by atoms with Crippen LogP contribution in [0.4, 0.5) is 11.4 Å². The molecular formula is C43H52N5O3S2+. The first kappa shape index (κ1) is 38.4. The number of esters is 1. The van der Waals surface area contributed by atoms with Crippen molar-refractivity contribution in [3.05, 3.63) is 115 Å². The van der Waals surface area contributed by atoms with Crippen LogP contribution in [0.1, 0.15) is 104 Å². The number of aromatic nitrogens is 2. The maximum Gasteiger partial charge on any atom is 0.339 e. The number of ether oxygens (including phenoxy) is 2. The summed E-state index contributed by atoms with van der Waals surface area (Å²) in [5.74, 6) is 0.631. The van der Waals surface area contributed by atoms with Gasteiger partial charge in [0.25, 0.3) is 0 Å². The first-order valence-corrected chi connectivity index (χ1v) is 20.3. The molecule has 10 heteroatoms. The summed E-state index contributed by atoms with van der Waals surface area (Å²) in [6, 6.07) is 12.2. The molecule has 2 aromatic carbocycles. The molecule has 6 rings (SSSR count). The number of nitrogens with zero attached hydrogens (tertiary/aromatic N) is 4. The molecule has 1 aromatic heterocycles. The number of thioether (sulfide) groups is 1. The van der Waals surface area contributed by atoms with Crippen LogP contribution in [0, 0.1) is 12.3 Å². The Hall–Kier alpha value is -4.28. The van der Waals surface area contributed by atoms with Crippen LogP contribution in [0.25, 0.3) is 0 Å². The van der Waals surface area contributed by atoms with Crippen LogP contribution in [-0.2, 0) is 26.1 Å². The van der Waals surface area contributed by atoms with E-state index in [0.717, 1.165) is 77.0 Å². The minimum Gasteiger partial charge on any atom is -0.481 e. The monoisotopic (exact) mass is 750 g/mol. The molecular weight excluding hydrogens is 699 g/mol. The van der Waals surface area contributed by atoms with Gasteiger partial charge >= 0.3 is 5.97 Å². The van der Waals surface area contributed by atoms with Gasteiger partial charge in [-0.05, 0) is 75.0 Å². The Morgan fingerprint density at radius 2 is 1.70 bits per heavy atom. The molecule has 0 spiro atoms. The number of anilines is 1. The van der Waals surface area contributed by atoms with Gasteiger partial charge in [-0.2, -0.15) is 4.58 Å². The number of hydrogen-bond acceptors (Lipinski definition) is 9. The lowest BCUT2D eigenvalue weighted by Crippen LogP contribution is -2.27. The second-order valence-electron chi connectivity index (χ2n) is 14.8. The number of fused-ring (bicyclic) bond motifs is 2. The third-order valence-electron chi connectivity index (χ3n) is 10.6. The van der Waals surface area contributed by atoms with Crippen molar-refractivity contribution in [3.63, 3.8) is 0 Å². The summed E-state index contributed by atoms with van der Waals surface area (Å²) in [5.41, 5.74) is 10.3. The Balaban J connectivity index is 1.44. The average Bonchev–Trinajstić information content (AvgIpc) is 3.85. The largest absolute Gasteiger partial charge is 0.481 e. The first-order chi connectivity index (χ1) is 25.4. The zero-order chi connectivity index (χ0) is 38.1. The van der Waals surface area contributed by atoms with Crippen molar-refractivity contribution in [3.8, 4) is 0 Å². The highest BCUT2D eigenvalue weighted by atomic mass is 32.2. The van der Waals surface area contributed by atoms with Gasteiger partial charge in [-0.1, -0.05) is 64.1 Å². The number of methoxy groups -OCH3 is 2. The lowest BCUT2D eigenvalue weighted by atomic mass is 9.80. The number of nitrogens with one attached hydrogen (secondary N) is 1. The summed E-state index contributed by atoms with van der Waals surface area (Å²) in [7, 11) is 3.02. The number of rotatable bonds is 12. The third kappa shape index (κ3) is 7.08. The SMILES string of the molecule is CCCN1/C(=C/C=C2\CCC(/C=C/C3=[N+](CCC)c4c(C(=N)OC)cccc4C3(C)C)=C2SCc2nnc(C)s2)C(C)(C)c2cccc(C(=O)OC)c21. The number of carbonyl (C=O) groups excluding carboxylic acids is 1. The summed E-state index contributed by atoms with van der Waals surface area (Å²) in [5, 5.41) is 19.3. The second-order valence-corrected chi connectivity index (χ2v) is 17.1. The lowest BCUT2D eigenvalue weighted by Gasteiger charge is -2.27. The normalized spacial score (nSPS) is 18.8. The highest BCUT2D eigenvalue weighted by molar-refractivity contribution is 8.02. The number of benzene rings is 2. The number of allylic oxidation sites excluding steroid dienone is 7. The summed E-state index contributed by atoms with van der Waals surface area (Å²) in [6.45, 7) is 17.1. The van der Waals surface area contributed by atoms with Crippen molar-refractivity contribution >= 4 is 52.1 Å². The van der Waals surface area contributed by atoms with Gasteiger partial charge in [0.05, 0.1) is 36.6 Å². The van der Waals surface area contributed by atoms with E-state index < -0.39 is 0 Å². The van der Waals surface area contributed by atoms with Gasteiger partial charge in [-0.15, -0.1) is 33.3 Å². The fraction of sp³-hybridized carbons (Fsp3) is 0.419. The van der Waals surface area contributed by atoms with Crippen LogP contribution in [0.2, 0.25) is 0 Å². The quantitative estimate of drug-likeness (QED) is 0.0853. The molecule has 0 fully saturated rings. The summed E-state index contributed by atoms with van der Waals surface area (Å²) in [4.78, 5) is 16.5. The third-order valence-corrected chi connectivity index (χ3v) is 12.9. The molecule has 0 saturated carbocycles. The smallest absolute Gasteiger partial charge is 0.339 e. The Kier molecular flexibility index (Phi) is 11.3. The minimum absolute atomic E-state index is 0.185. The van der Waals surface area contributed by atoms with Gasteiger partial charge in [0, 0.05) is 40.6 Å². The highest BCUT2D eigenvalue weighted by Crippen LogP contribution is 2.50. The Morgan fingerprint density at radius 1 is 0.962 bits per heavy atom. The van der Waals surface area contributed by atoms with E-state index in [2.05, 4.69) is 97.7 Å². The number of para-hydroxylation sites is 2. The van der Waals surface area contributed by atoms with E-state index in [4.69, 9.17) is 14.9 Å². The predicted molar refractivity (Wildman–Crippen MR) is 219 cm³/mol. The topological polar surface area (TPSA) is 91.4 Å². The van der Waals surface area contributed by atoms with Crippen molar-refractivity contribution < 1.29 is 18.8 Å². The van der Waals surface area contributed by atoms with Crippen molar-refractivity contribution in [1.82, 2.24) is 10.2 Å². The molecule has 3 aliphatic rings. The zero-order valence-electron chi connectivity index (χ0n) is 32.6. The van der Waals surface area contributed by atoms with Crippen LogP contribution in [0.5, 0.6) is 0 Å². The van der Waals surface area contributed by atoms with E-state index in [1.165, 1.54) is 40.1 Å². The zero-order valence-corrected chi connectivity index (χ0v) is 34.2. The molecule has 1 N–H and O–H groups in total. The molecule has 0 atom stereocenters. The Morgan fingerprint density at radius 3 is 2.36 bits per heavy atom. The van der Waals surface area contributed by atoms with E-state index in [9.17, 15) is 4.79 Å². The van der Waals surface area contributed by atoms with E-state index in [-0.39, 0.29) is 22.7 Å². The maximum absolute atomic E-state index is 12.9. The van der Waals surface area contributed by atoms with Crippen LogP contribution in [0.15, 0.2) is 82.5 Å².